The van der Waals surface area contributed by atoms with E-state index in [0.29, 0.717) is 17.8 Å². The summed E-state index contributed by atoms with van der Waals surface area (Å²) in [7, 11) is 0. The van der Waals surface area contributed by atoms with Crippen LogP contribution in [-0.4, -0.2) is 25.3 Å². The van der Waals surface area contributed by atoms with Gasteiger partial charge in [0.15, 0.2) is 5.78 Å². The minimum absolute atomic E-state index is 0. The normalized spacial score (nSPS) is 18.5. The van der Waals surface area contributed by atoms with E-state index in [-0.39, 0.29) is 18.2 Å². The summed E-state index contributed by atoms with van der Waals surface area (Å²) < 4.78 is 1.92. The second-order valence-electron chi connectivity index (χ2n) is 5.88. The number of ketones is 1. The molecule has 0 saturated heterocycles. The van der Waals surface area contributed by atoms with E-state index in [2.05, 4.69) is 16.0 Å². The zero-order valence-electron chi connectivity index (χ0n) is 12.7. The molecule has 3 aromatic rings. The number of carbonyl (C=O) groups excluding carboxylic acids is 1. The number of pyridine rings is 1. The lowest BCUT2D eigenvalue weighted by Crippen LogP contribution is -2.29. The van der Waals surface area contributed by atoms with E-state index >= 15 is 0 Å². The molecule has 23 heavy (non-hydrogen) atoms. The maximum absolute atomic E-state index is 12.9. The quantitative estimate of drug-likeness (QED) is 0.758. The van der Waals surface area contributed by atoms with Gasteiger partial charge in [0.1, 0.15) is 6.10 Å². The highest BCUT2D eigenvalue weighted by Crippen LogP contribution is 2.35. The van der Waals surface area contributed by atoms with Crippen LogP contribution >= 0.6 is 12.4 Å². The fourth-order valence-corrected chi connectivity index (χ4v) is 3.42. The monoisotopic (exact) mass is 331 g/mol. The molecule has 0 aromatic carbocycles. The molecule has 3 aromatic heterocycles. The molecule has 6 heteroatoms. The van der Waals surface area contributed by atoms with E-state index in [1.54, 1.807) is 6.33 Å². The van der Waals surface area contributed by atoms with Gasteiger partial charge >= 0.3 is 0 Å². The Morgan fingerprint density at radius 3 is 3.00 bits per heavy atom. The van der Waals surface area contributed by atoms with Crippen LogP contribution in [0.1, 0.15) is 40.0 Å². The van der Waals surface area contributed by atoms with Crippen LogP contribution in [0.25, 0.3) is 5.52 Å². The SMILES string of the molecule is Cc1[nH]cnc1C(O)C1CCc2cc3ccccn3c2C1=O.Cl. The minimum atomic E-state index is -0.860. The van der Waals surface area contributed by atoms with Crippen LogP contribution in [0, 0.1) is 12.8 Å². The average molecular weight is 332 g/mol. The van der Waals surface area contributed by atoms with Crippen molar-refractivity contribution in [3.8, 4) is 0 Å². The molecule has 0 bridgehead atoms. The van der Waals surface area contributed by atoms with Gasteiger partial charge in [0.2, 0.25) is 0 Å². The molecule has 0 aliphatic heterocycles. The number of aliphatic hydroxyl groups excluding tert-OH is 1. The predicted octanol–water partition coefficient (Wildman–Crippen LogP) is 2.87. The second kappa shape index (κ2) is 5.83. The number of nitrogens with zero attached hydrogens (tertiary/aromatic N) is 2. The first-order valence-corrected chi connectivity index (χ1v) is 7.48. The van der Waals surface area contributed by atoms with Crippen molar-refractivity contribution in [1.29, 1.82) is 0 Å². The average Bonchev–Trinajstić information content (AvgIpc) is 3.10. The van der Waals surface area contributed by atoms with Gasteiger partial charge < -0.3 is 14.5 Å². The van der Waals surface area contributed by atoms with Crippen LogP contribution < -0.4 is 0 Å². The van der Waals surface area contributed by atoms with E-state index in [1.807, 2.05) is 35.7 Å². The van der Waals surface area contributed by atoms with Crippen LogP contribution in [-0.2, 0) is 6.42 Å². The number of nitrogens with one attached hydrogen (secondary N) is 1. The summed E-state index contributed by atoms with van der Waals surface area (Å²) in [6, 6.07) is 7.94. The molecule has 0 fully saturated rings. The summed E-state index contributed by atoms with van der Waals surface area (Å²) in [5.74, 6) is -0.435. The van der Waals surface area contributed by atoms with Crippen molar-refractivity contribution in [1.82, 2.24) is 14.4 Å². The Labute approximate surface area is 139 Å². The van der Waals surface area contributed by atoms with Crippen molar-refractivity contribution in [2.45, 2.75) is 25.9 Å². The highest BCUT2D eigenvalue weighted by molar-refractivity contribution is 6.00. The van der Waals surface area contributed by atoms with Gasteiger partial charge in [0, 0.05) is 17.4 Å². The van der Waals surface area contributed by atoms with Crippen LogP contribution in [0.2, 0.25) is 0 Å². The van der Waals surface area contributed by atoms with Gasteiger partial charge in [-0.05, 0) is 43.5 Å². The van der Waals surface area contributed by atoms with Crippen LogP contribution in [0.3, 0.4) is 0 Å². The van der Waals surface area contributed by atoms with E-state index in [0.717, 1.165) is 23.2 Å². The van der Waals surface area contributed by atoms with Crippen LogP contribution in [0.5, 0.6) is 0 Å². The summed E-state index contributed by atoms with van der Waals surface area (Å²) in [4.78, 5) is 20.0. The number of rotatable bonds is 2. The minimum Gasteiger partial charge on any atom is -0.386 e. The predicted molar refractivity (Wildman–Crippen MR) is 89.1 cm³/mol. The number of hydrogen-bond donors (Lipinski definition) is 2. The number of carbonyl (C=O) groups is 1. The maximum atomic E-state index is 12.9. The fraction of sp³-hybridized carbons (Fsp3) is 0.294. The molecule has 0 radical (unpaired) electrons. The van der Waals surface area contributed by atoms with Crippen molar-refractivity contribution >= 4 is 23.7 Å². The van der Waals surface area contributed by atoms with Gasteiger partial charge in [-0.2, -0.15) is 0 Å². The molecule has 120 valence electrons. The van der Waals surface area contributed by atoms with Crippen molar-refractivity contribution < 1.29 is 9.90 Å². The summed E-state index contributed by atoms with van der Waals surface area (Å²) in [6.07, 6.45) is 4.05. The third-order valence-corrected chi connectivity index (χ3v) is 4.58. The number of aromatic amines is 1. The molecule has 0 amide bonds. The van der Waals surface area contributed by atoms with E-state index < -0.39 is 12.0 Å². The number of aromatic nitrogens is 3. The first-order chi connectivity index (χ1) is 10.7. The molecular formula is C17H18ClN3O2. The summed E-state index contributed by atoms with van der Waals surface area (Å²) in [6.45, 7) is 1.86. The zero-order chi connectivity index (χ0) is 15.3. The molecule has 2 unspecified atom stereocenters. The van der Waals surface area contributed by atoms with Gasteiger partial charge in [-0.1, -0.05) is 6.07 Å². The van der Waals surface area contributed by atoms with Crippen molar-refractivity contribution in [3.05, 3.63) is 59.4 Å². The molecule has 1 aliphatic carbocycles. The molecule has 2 N–H and O–H groups in total. The Hall–Kier alpha value is -2.11. The largest absolute Gasteiger partial charge is 0.386 e. The van der Waals surface area contributed by atoms with Gasteiger partial charge in [-0.25, -0.2) is 4.98 Å². The van der Waals surface area contributed by atoms with Crippen molar-refractivity contribution in [2.24, 2.45) is 5.92 Å². The Kier molecular flexibility index (Phi) is 4.00. The van der Waals surface area contributed by atoms with Crippen molar-refractivity contribution in [2.75, 3.05) is 0 Å². The number of halogens is 1. The fourth-order valence-electron chi connectivity index (χ4n) is 3.42. The molecule has 0 saturated carbocycles. The van der Waals surface area contributed by atoms with Gasteiger partial charge in [-0.15, -0.1) is 12.4 Å². The molecule has 4 rings (SSSR count). The highest BCUT2D eigenvalue weighted by Gasteiger charge is 2.36. The first kappa shape index (κ1) is 15.8. The number of hydrogen-bond acceptors (Lipinski definition) is 3. The number of imidazole rings is 1. The van der Waals surface area contributed by atoms with E-state index in [9.17, 15) is 9.90 Å². The van der Waals surface area contributed by atoms with Crippen LogP contribution in [0.15, 0.2) is 36.8 Å². The number of aliphatic hydroxyl groups is 1. The van der Waals surface area contributed by atoms with Crippen LogP contribution in [0.4, 0.5) is 0 Å². The summed E-state index contributed by atoms with van der Waals surface area (Å²) in [5.41, 5.74) is 4.18. The Bertz CT molecular complexity index is 868. The smallest absolute Gasteiger partial charge is 0.185 e. The van der Waals surface area contributed by atoms with Crippen molar-refractivity contribution in [3.63, 3.8) is 0 Å². The maximum Gasteiger partial charge on any atom is 0.185 e. The standard InChI is InChI=1S/C17H17N3O2.ClH/c1-10-14(19-9-18-10)16(21)13-6-5-11-8-12-4-2-3-7-20(12)15(11)17(13)22;/h2-4,7-9,13,16,21H,5-6H2,1H3,(H,18,19);1H. The molecule has 2 atom stereocenters. The summed E-state index contributed by atoms with van der Waals surface area (Å²) >= 11 is 0. The second-order valence-corrected chi connectivity index (χ2v) is 5.88. The molecule has 0 spiro atoms. The highest BCUT2D eigenvalue weighted by atomic mass is 35.5. The first-order valence-electron chi connectivity index (χ1n) is 7.48. The van der Waals surface area contributed by atoms with E-state index in [4.69, 9.17) is 0 Å². The molecule has 5 nitrogen and oxygen atoms in total. The molecule has 3 heterocycles. The molecular weight excluding hydrogens is 314 g/mol. The lowest BCUT2D eigenvalue weighted by Gasteiger charge is -2.25. The number of H-pyrrole nitrogens is 1. The van der Waals surface area contributed by atoms with Gasteiger partial charge in [0.25, 0.3) is 0 Å². The number of fused-ring (bicyclic) bond motifs is 3. The topological polar surface area (TPSA) is 70.4 Å². The Balaban J connectivity index is 0.00000156. The zero-order valence-corrected chi connectivity index (χ0v) is 13.5. The van der Waals surface area contributed by atoms with Gasteiger partial charge in [-0.3, -0.25) is 4.79 Å². The lowest BCUT2D eigenvalue weighted by atomic mass is 9.82. The molecule has 1 aliphatic rings. The Morgan fingerprint density at radius 2 is 2.26 bits per heavy atom. The third kappa shape index (κ3) is 2.36. The Morgan fingerprint density at radius 1 is 1.43 bits per heavy atom. The number of aryl methyl sites for hydroxylation is 2. The van der Waals surface area contributed by atoms with E-state index in [1.165, 1.54) is 0 Å². The van der Waals surface area contributed by atoms with Gasteiger partial charge in [0.05, 0.1) is 23.6 Å². The lowest BCUT2D eigenvalue weighted by molar-refractivity contribution is 0.0618. The summed E-state index contributed by atoms with van der Waals surface area (Å²) in [5, 5.41) is 10.6. The number of Topliss-reactive ketones (excluding diaryl/α,β-unsaturated/α-hetero) is 1. The third-order valence-electron chi connectivity index (χ3n) is 4.58.